The van der Waals surface area contributed by atoms with Gasteiger partial charge in [0.2, 0.25) is 0 Å². The van der Waals surface area contributed by atoms with Crippen LogP contribution in [0.5, 0.6) is 0 Å². The van der Waals surface area contributed by atoms with E-state index in [4.69, 9.17) is 0 Å². The maximum Gasteiger partial charge on any atom is -1.00 e. The zero-order chi connectivity index (χ0) is 25.1. The van der Waals surface area contributed by atoms with Gasteiger partial charge in [-0.25, -0.2) is 0 Å². The van der Waals surface area contributed by atoms with Crippen molar-refractivity contribution in [2.24, 2.45) is 0 Å². The fourth-order valence-electron chi connectivity index (χ4n) is 7.53. The number of benzene rings is 4. The molecule has 2 aliphatic rings. The number of rotatable bonds is 4. The van der Waals surface area contributed by atoms with E-state index >= 15 is 0 Å². The van der Waals surface area contributed by atoms with Crippen LogP contribution >= 0.6 is 0 Å². The van der Waals surface area contributed by atoms with Gasteiger partial charge in [-0.15, -0.1) is 0 Å². The minimum atomic E-state index is -3.48. The molecule has 0 amide bonds. The average molecular weight is 633 g/mol. The monoisotopic (exact) mass is 630 g/mol. The quantitative estimate of drug-likeness (QED) is 0.304. The Labute approximate surface area is 242 Å². The van der Waals surface area contributed by atoms with Crippen molar-refractivity contribution in [3.8, 4) is 22.3 Å². The molecule has 0 heterocycles. The van der Waals surface area contributed by atoms with Crippen LogP contribution in [-0.4, -0.2) is 6.88 Å². The van der Waals surface area contributed by atoms with Crippen LogP contribution in [0.2, 0.25) is 9.26 Å². The van der Waals surface area contributed by atoms with Crippen LogP contribution in [0.3, 0.4) is 0 Å². The van der Waals surface area contributed by atoms with Gasteiger partial charge in [-0.3, -0.25) is 0 Å². The number of halogens is 2. The Morgan fingerprint density at radius 2 is 0.895 bits per heavy atom. The van der Waals surface area contributed by atoms with Crippen molar-refractivity contribution in [1.29, 1.82) is 0 Å². The van der Waals surface area contributed by atoms with E-state index in [0.29, 0.717) is 7.25 Å². The van der Waals surface area contributed by atoms with Crippen LogP contribution in [0.1, 0.15) is 43.4 Å². The van der Waals surface area contributed by atoms with Gasteiger partial charge in [-0.2, -0.15) is 0 Å². The number of fused-ring (bicyclic) bond motifs is 2. The second-order valence-electron chi connectivity index (χ2n) is 11.9. The molecule has 4 aromatic rings. The van der Waals surface area contributed by atoms with E-state index in [1.807, 2.05) is 0 Å². The average Bonchev–Trinajstić information content (AvgIpc) is 3.41. The summed E-state index contributed by atoms with van der Waals surface area (Å²) >= 11 is -3.48. The van der Waals surface area contributed by atoms with Gasteiger partial charge in [0, 0.05) is 0 Å². The van der Waals surface area contributed by atoms with Gasteiger partial charge in [0.1, 0.15) is 0 Å². The molecule has 2 unspecified atom stereocenters. The molecule has 4 aromatic carbocycles. The van der Waals surface area contributed by atoms with Crippen LogP contribution in [0.25, 0.3) is 34.4 Å². The Morgan fingerprint density at radius 1 is 0.526 bits per heavy atom. The summed E-state index contributed by atoms with van der Waals surface area (Å²) in [5.41, 5.74) is 14.5. The summed E-state index contributed by atoms with van der Waals surface area (Å²) in [7, 11) is 0. The van der Waals surface area contributed by atoms with E-state index < -0.39 is 17.4 Å². The zero-order valence-electron chi connectivity index (χ0n) is 22.5. The Morgan fingerprint density at radius 3 is 1.26 bits per heavy atom. The molecule has 6 rings (SSSR count). The SMILES string of the molecule is CC1=Cc2c(-c3ccccc3)cccc2[CH]1[Zr+2]([CH3])([CH3])(=[SiH2])[CH]1C(C)=Cc2c(-c3ccccc3)cccc21.[Cl-].[Cl-]. The summed E-state index contributed by atoms with van der Waals surface area (Å²) in [6, 6.07) is 35.8. The number of hydrogen-bond acceptors (Lipinski definition) is 0. The largest absolute Gasteiger partial charge is 1.00 e. The van der Waals surface area contributed by atoms with Gasteiger partial charge in [-0.1, -0.05) is 0 Å². The van der Waals surface area contributed by atoms with Crippen molar-refractivity contribution in [3.05, 3.63) is 130 Å². The van der Waals surface area contributed by atoms with Crippen LogP contribution in [0, 0.1) is 0 Å². The Bertz CT molecular complexity index is 1510. The van der Waals surface area contributed by atoms with Gasteiger partial charge < -0.3 is 24.8 Å². The molecule has 2 aliphatic carbocycles. The maximum absolute atomic E-state index is 3.48. The summed E-state index contributed by atoms with van der Waals surface area (Å²) in [6.45, 7) is 7.20. The van der Waals surface area contributed by atoms with Gasteiger partial charge in [0.25, 0.3) is 0 Å². The van der Waals surface area contributed by atoms with E-state index in [0.717, 1.165) is 0 Å². The van der Waals surface area contributed by atoms with Crippen LogP contribution in [0.15, 0.2) is 108 Å². The summed E-state index contributed by atoms with van der Waals surface area (Å²) in [5, 5.41) is 0. The first-order chi connectivity index (χ1) is 17.2. The summed E-state index contributed by atoms with van der Waals surface area (Å²) in [6.07, 6.45) is 5.01. The molecule has 2 atom stereocenters. The molecular weight excluding hydrogens is 599 g/mol. The van der Waals surface area contributed by atoms with Crippen LogP contribution < -0.4 is 24.8 Å². The third kappa shape index (κ3) is 4.58. The van der Waals surface area contributed by atoms with E-state index in [1.54, 1.807) is 22.3 Å². The maximum atomic E-state index is 2.72. The first-order valence-corrected chi connectivity index (χ1v) is 26.7. The number of hydrogen-bond donors (Lipinski definition) is 0. The van der Waals surface area contributed by atoms with Crippen molar-refractivity contribution in [3.63, 3.8) is 0 Å². The molecule has 0 N–H and O–H groups in total. The van der Waals surface area contributed by atoms with Gasteiger partial charge >= 0.3 is 220 Å². The molecule has 0 spiro atoms. The minimum Gasteiger partial charge on any atom is -1.00 e. The van der Waals surface area contributed by atoms with Crippen molar-refractivity contribution in [2.45, 2.75) is 30.4 Å². The van der Waals surface area contributed by atoms with Crippen molar-refractivity contribution in [2.75, 3.05) is 0 Å². The normalized spacial score (nSPS) is 17.3. The van der Waals surface area contributed by atoms with Gasteiger partial charge in [0.05, 0.1) is 0 Å². The van der Waals surface area contributed by atoms with Gasteiger partial charge in [-0.05, 0) is 0 Å². The minimum absolute atomic E-state index is 0. The predicted octanol–water partition coefficient (Wildman–Crippen LogP) is 2.98. The molecule has 0 saturated heterocycles. The fraction of sp³-hybridized carbons (Fsp3) is 0.176. The van der Waals surface area contributed by atoms with E-state index in [9.17, 15) is 0 Å². The van der Waals surface area contributed by atoms with Gasteiger partial charge in [0.15, 0.2) is 0 Å². The van der Waals surface area contributed by atoms with E-state index in [-0.39, 0.29) is 24.8 Å². The summed E-state index contributed by atoms with van der Waals surface area (Å²) < 4.78 is 6.53. The van der Waals surface area contributed by atoms with Crippen molar-refractivity contribution < 1.29 is 42.2 Å². The molecule has 4 heteroatoms. The molecule has 0 bridgehead atoms. The molecule has 38 heavy (non-hydrogen) atoms. The standard InChI is InChI=1S/2C16H13.2CH3.2ClH.H2Si.Zr/c2*1-12-10-14-8-5-9-15(16(14)11-12)13-6-3-2-4-7-13;;;;;;/h2*2-11H,1H3;2*1H3;2*1H;1H2;/q;;;;;;;+2/p-2. The zero-order valence-corrected chi connectivity index (χ0v) is 27.9. The molecule has 0 nitrogen and oxygen atoms in total. The summed E-state index contributed by atoms with van der Waals surface area (Å²) in [4.78, 5) is 0. The molecule has 192 valence electrons. The number of allylic oxidation sites excluding steroid dienone is 2. The van der Waals surface area contributed by atoms with Crippen LogP contribution in [0.4, 0.5) is 0 Å². The smallest absolute Gasteiger partial charge is 1.00 e. The van der Waals surface area contributed by atoms with E-state index in [1.165, 1.54) is 33.4 Å². The molecular formula is C34H34Cl2SiZr. The second kappa shape index (κ2) is 10.5. The first-order valence-electron chi connectivity index (χ1n) is 13.0. The van der Waals surface area contributed by atoms with E-state index in [2.05, 4.69) is 139 Å². The Balaban J connectivity index is 0.00000168. The molecule has 0 aliphatic heterocycles. The molecule has 0 fully saturated rings. The fourth-order valence-corrected chi connectivity index (χ4v) is 28.8. The second-order valence-corrected chi connectivity index (χ2v) is 42.4. The molecule has 0 saturated carbocycles. The van der Waals surface area contributed by atoms with Crippen molar-refractivity contribution in [1.82, 2.24) is 0 Å². The third-order valence-electron chi connectivity index (χ3n) is 8.62. The Kier molecular flexibility index (Phi) is 8.06. The molecule has 0 aromatic heterocycles. The Hall–Kier alpha value is -1.96. The first kappa shape index (κ1) is 29.0. The van der Waals surface area contributed by atoms with Crippen LogP contribution in [-0.2, 0) is 17.4 Å². The predicted molar refractivity (Wildman–Crippen MR) is 157 cm³/mol. The third-order valence-corrected chi connectivity index (χ3v) is 26.5. The molecule has 0 radical (unpaired) electrons. The summed E-state index contributed by atoms with van der Waals surface area (Å²) in [5.74, 6) is 0. The topological polar surface area (TPSA) is 0 Å². The van der Waals surface area contributed by atoms with Crippen molar-refractivity contribution >= 4 is 19.0 Å².